The Bertz CT molecular complexity index is 1520. The predicted octanol–water partition coefficient (Wildman–Crippen LogP) is 6.17. The van der Waals surface area contributed by atoms with Crippen molar-refractivity contribution in [3.05, 3.63) is 0 Å². The van der Waals surface area contributed by atoms with Gasteiger partial charge in [-0.15, -0.1) is 0 Å². The first-order valence-electron chi connectivity index (χ1n) is 21.7. The number of nitrogens with zero attached hydrogens (tertiary/aromatic N) is 2. The number of morpholine rings is 1. The molecule has 3 heterocycles. The average molecular weight is 773 g/mol. The fraction of sp³-hybridized carbons (Fsp3) is 0.955. The topological polar surface area (TPSA) is 127 Å². The van der Waals surface area contributed by atoms with Gasteiger partial charge in [0, 0.05) is 38.0 Å². The minimum Gasteiger partial charge on any atom is -0.457 e. The van der Waals surface area contributed by atoms with E-state index < -0.39 is 35.5 Å². The van der Waals surface area contributed by atoms with Crippen molar-refractivity contribution >= 4 is 12.1 Å². The highest BCUT2D eigenvalue weighted by Gasteiger charge is 2.84. The maximum Gasteiger partial charge on any atom is 0.410 e. The van der Waals surface area contributed by atoms with Crippen LogP contribution in [0.1, 0.15) is 128 Å². The molecule has 1 amide bonds. The van der Waals surface area contributed by atoms with Crippen LogP contribution in [0.4, 0.5) is 4.79 Å². The van der Waals surface area contributed by atoms with Crippen LogP contribution in [0.15, 0.2) is 0 Å². The summed E-state index contributed by atoms with van der Waals surface area (Å²) in [7, 11) is 0. The van der Waals surface area contributed by atoms with Crippen LogP contribution >= 0.6 is 0 Å². The molecule has 0 aromatic rings. The van der Waals surface area contributed by atoms with Crippen molar-refractivity contribution in [2.24, 2.45) is 50.7 Å². The number of esters is 1. The molecule has 55 heavy (non-hydrogen) atoms. The van der Waals surface area contributed by atoms with Gasteiger partial charge in [0.1, 0.15) is 5.60 Å². The molecule has 5 aliphatic carbocycles. The Morgan fingerprint density at radius 3 is 2.25 bits per heavy atom. The van der Waals surface area contributed by atoms with Crippen molar-refractivity contribution in [1.82, 2.24) is 9.80 Å². The van der Waals surface area contributed by atoms with Gasteiger partial charge in [0.15, 0.2) is 12.4 Å². The van der Waals surface area contributed by atoms with E-state index in [2.05, 4.69) is 39.5 Å². The first-order valence-corrected chi connectivity index (χ1v) is 21.7. The Balaban J connectivity index is 0.953. The molecule has 0 aromatic carbocycles. The largest absolute Gasteiger partial charge is 0.457 e. The van der Waals surface area contributed by atoms with E-state index in [1.165, 1.54) is 19.8 Å². The van der Waals surface area contributed by atoms with Gasteiger partial charge < -0.3 is 38.8 Å². The van der Waals surface area contributed by atoms with Gasteiger partial charge in [0.25, 0.3) is 0 Å². The van der Waals surface area contributed by atoms with Crippen LogP contribution in [0.3, 0.4) is 0 Å². The highest BCUT2D eigenvalue weighted by molar-refractivity contribution is 5.69. The van der Waals surface area contributed by atoms with E-state index in [9.17, 15) is 19.8 Å². The summed E-state index contributed by atoms with van der Waals surface area (Å²) in [6.45, 7) is 26.1. The Labute approximate surface area is 329 Å². The van der Waals surface area contributed by atoms with Gasteiger partial charge in [-0.05, 0) is 131 Å². The number of hydrogen-bond acceptors (Lipinski definition) is 10. The van der Waals surface area contributed by atoms with E-state index >= 15 is 0 Å². The van der Waals surface area contributed by atoms with Crippen molar-refractivity contribution in [2.45, 2.75) is 182 Å². The van der Waals surface area contributed by atoms with Gasteiger partial charge in [-0.3, -0.25) is 9.69 Å². The highest BCUT2D eigenvalue weighted by Crippen LogP contribution is 2.89. The number of likely N-dealkylation sites (tertiary alicyclic amines) is 1. The van der Waals surface area contributed by atoms with Gasteiger partial charge in [-0.2, -0.15) is 0 Å². The lowest BCUT2D eigenvalue weighted by Crippen LogP contribution is -2.64. The SMILES string of the molecule is CC(=O)O[C@@H](C1C[C@@H](C)C2C(O1)[C@H](O)[C@@]1(C)[C@@H]3CC[C@H]4C(C)(C)C(OC5CN(C6CN(C(=O)OC(C)(C)C)C6)CCO5)CC[C@@]45CC35CC[C@]21C)C(C)(C)O. The maximum absolute atomic E-state index is 12.6. The van der Waals surface area contributed by atoms with Gasteiger partial charge >= 0.3 is 12.1 Å². The summed E-state index contributed by atoms with van der Waals surface area (Å²) >= 11 is 0. The van der Waals surface area contributed by atoms with E-state index in [1.807, 2.05) is 20.8 Å². The zero-order chi connectivity index (χ0) is 39.9. The minimum absolute atomic E-state index is 0.0139. The van der Waals surface area contributed by atoms with Crippen LogP contribution in [0, 0.1) is 50.7 Å². The number of amides is 1. The Kier molecular flexibility index (Phi) is 9.52. The number of hydrogen-bond donors (Lipinski definition) is 2. The average Bonchev–Trinajstić information content (AvgIpc) is 3.68. The van der Waals surface area contributed by atoms with E-state index in [1.54, 1.807) is 18.7 Å². The Hall–Kier alpha value is -1.50. The summed E-state index contributed by atoms with van der Waals surface area (Å²) in [5.74, 6) is 0.981. The van der Waals surface area contributed by atoms with Gasteiger partial charge in [0.2, 0.25) is 0 Å². The summed E-state index contributed by atoms with van der Waals surface area (Å²) < 4.78 is 31.4. The number of carbonyl (C=O) groups is 2. The number of fused-ring (bicyclic) bond motifs is 4. The fourth-order valence-corrected chi connectivity index (χ4v) is 15.0. The van der Waals surface area contributed by atoms with Crippen molar-refractivity contribution in [3.8, 4) is 0 Å². The van der Waals surface area contributed by atoms with Gasteiger partial charge in [-0.25, -0.2) is 4.79 Å². The Morgan fingerprint density at radius 1 is 0.927 bits per heavy atom. The van der Waals surface area contributed by atoms with Crippen LogP contribution in [0.2, 0.25) is 0 Å². The molecule has 3 aliphatic heterocycles. The quantitative estimate of drug-likeness (QED) is 0.303. The molecule has 2 N–H and O–H groups in total. The standard InChI is InChI=1S/C44H72N2O9/c1-25-20-28(36(40(8,9)50)52-26(2)47)53-34-33(25)41(10)16-17-44-24-43(44)15-14-31(39(6,7)29(43)12-13-30(44)42(41,11)35(34)48)54-32-23-45(18-19-51-32)27-21-46(22-27)37(49)55-38(3,4)5/h25,27-36,48,50H,12-24H2,1-11H3/t25-,28?,29+,30+,31?,32?,33?,34?,35+,36+,41-,42-,43-,44?/m1/s1. The molecule has 0 bridgehead atoms. The predicted molar refractivity (Wildman–Crippen MR) is 206 cm³/mol. The van der Waals surface area contributed by atoms with E-state index in [0.29, 0.717) is 44.0 Å². The number of aliphatic hydroxyl groups is 2. The monoisotopic (exact) mass is 773 g/mol. The number of carbonyl (C=O) groups excluding carboxylic acids is 2. The third-order valence-corrected chi connectivity index (χ3v) is 17.5. The molecule has 8 aliphatic rings. The van der Waals surface area contributed by atoms with Crippen LogP contribution in [-0.4, -0.2) is 119 Å². The van der Waals surface area contributed by atoms with Crippen molar-refractivity contribution in [3.63, 3.8) is 0 Å². The van der Waals surface area contributed by atoms with Crippen LogP contribution < -0.4 is 0 Å². The van der Waals surface area contributed by atoms with E-state index in [-0.39, 0.29) is 63.5 Å². The van der Waals surface area contributed by atoms with Crippen molar-refractivity contribution in [2.75, 3.05) is 32.8 Å². The van der Waals surface area contributed by atoms with Gasteiger partial charge in [-0.1, -0.05) is 34.6 Å². The fourth-order valence-electron chi connectivity index (χ4n) is 15.0. The summed E-state index contributed by atoms with van der Waals surface area (Å²) in [4.78, 5) is 28.9. The molecule has 14 atom stereocenters. The molecule has 2 spiro atoms. The molecule has 8 fully saturated rings. The molecule has 6 unspecified atom stereocenters. The molecule has 11 heteroatoms. The molecule has 5 saturated carbocycles. The number of aliphatic hydroxyl groups excluding tert-OH is 1. The Morgan fingerprint density at radius 2 is 1.60 bits per heavy atom. The second-order valence-corrected chi connectivity index (χ2v) is 22.2. The zero-order valence-electron chi connectivity index (χ0n) is 35.7. The number of rotatable bonds is 6. The summed E-state index contributed by atoms with van der Waals surface area (Å²) in [5, 5.41) is 23.7. The molecular weight excluding hydrogens is 700 g/mol. The lowest BCUT2D eigenvalue weighted by atomic mass is 9.41. The third kappa shape index (κ3) is 5.99. The second-order valence-electron chi connectivity index (χ2n) is 22.2. The second kappa shape index (κ2) is 13.0. The summed E-state index contributed by atoms with van der Waals surface area (Å²) in [5.41, 5.74) is -1.67. The van der Waals surface area contributed by atoms with Crippen LogP contribution in [-0.2, 0) is 28.5 Å². The summed E-state index contributed by atoms with van der Waals surface area (Å²) in [6, 6.07) is 0.302. The third-order valence-electron chi connectivity index (χ3n) is 17.5. The van der Waals surface area contributed by atoms with Crippen molar-refractivity contribution in [1.29, 1.82) is 0 Å². The lowest BCUT2D eigenvalue weighted by molar-refractivity contribution is -0.253. The molecule has 0 aromatic heterocycles. The zero-order valence-corrected chi connectivity index (χ0v) is 35.7. The number of ether oxygens (including phenoxy) is 5. The molecule has 3 saturated heterocycles. The van der Waals surface area contributed by atoms with Crippen molar-refractivity contribution < 1.29 is 43.5 Å². The van der Waals surface area contributed by atoms with E-state index in [4.69, 9.17) is 23.7 Å². The maximum atomic E-state index is 12.6. The van der Waals surface area contributed by atoms with Crippen LogP contribution in [0.5, 0.6) is 0 Å². The molecular formula is C44H72N2O9. The van der Waals surface area contributed by atoms with Gasteiger partial charge in [0.05, 0.1) is 43.2 Å². The smallest absolute Gasteiger partial charge is 0.410 e. The van der Waals surface area contributed by atoms with E-state index in [0.717, 1.165) is 45.2 Å². The normalized spacial score (nSPS) is 47.2. The van der Waals surface area contributed by atoms with Crippen LogP contribution in [0.25, 0.3) is 0 Å². The minimum atomic E-state index is -1.27. The molecule has 11 nitrogen and oxygen atoms in total. The summed E-state index contributed by atoms with van der Waals surface area (Å²) in [6.07, 6.45) is 5.98. The lowest BCUT2D eigenvalue weighted by Gasteiger charge is -2.64. The first-order chi connectivity index (χ1) is 25.5. The first kappa shape index (κ1) is 40.3. The molecule has 8 rings (SSSR count). The molecule has 0 radical (unpaired) electrons. The molecule has 312 valence electrons. The highest BCUT2D eigenvalue weighted by atomic mass is 16.7.